The summed E-state index contributed by atoms with van der Waals surface area (Å²) in [5.74, 6) is 0.788. The van der Waals surface area contributed by atoms with Crippen molar-refractivity contribution >= 4 is 33.2 Å². The molecule has 2 N–H and O–H groups in total. The first kappa shape index (κ1) is 22.8. The van der Waals surface area contributed by atoms with E-state index in [0.717, 1.165) is 0 Å². The van der Waals surface area contributed by atoms with Gasteiger partial charge < -0.3 is 14.8 Å². The summed E-state index contributed by atoms with van der Waals surface area (Å²) in [6.45, 7) is 0. The molecule has 3 aromatic carbocycles. The Hall–Kier alpha value is -4.37. The molecule has 1 heterocycles. The highest BCUT2D eigenvalue weighted by Crippen LogP contribution is 2.27. The summed E-state index contributed by atoms with van der Waals surface area (Å²) < 4.78 is 38.6. The highest BCUT2D eigenvalue weighted by molar-refractivity contribution is 7.92. The number of hydrogen-bond acceptors (Lipinski definition) is 7. The lowest BCUT2D eigenvalue weighted by molar-refractivity contribution is 0.0734. The van der Waals surface area contributed by atoms with E-state index in [1.807, 2.05) is 6.07 Å². The van der Waals surface area contributed by atoms with Gasteiger partial charge in [-0.05, 0) is 72.8 Å². The smallest absolute Gasteiger partial charge is 0.343 e. The van der Waals surface area contributed by atoms with Gasteiger partial charge in [0.1, 0.15) is 11.5 Å². The molecule has 0 spiro atoms. The predicted octanol–water partition coefficient (Wildman–Crippen LogP) is 4.85. The van der Waals surface area contributed by atoms with Crippen LogP contribution in [0.4, 0.5) is 17.2 Å². The minimum absolute atomic E-state index is 0.0905. The summed E-state index contributed by atoms with van der Waals surface area (Å²) in [5.41, 5.74) is 1.35. The minimum Gasteiger partial charge on any atom is -0.497 e. The molecule has 0 saturated carbocycles. The average Bonchev–Trinajstić information content (AvgIpc) is 2.87. The van der Waals surface area contributed by atoms with Crippen molar-refractivity contribution in [2.45, 2.75) is 4.90 Å². The highest BCUT2D eigenvalue weighted by atomic mass is 32.2. The van der Waals surface area contributed by atoms with Gasteiger partial charge in [-0.15, -0.1) is 0 Å². The van der Waals surface area contributed by atoms with Crippen LogP contribution in [0.15, 0.2) is 102 Å². The number of carbonyl (C=O) groups excluding carboxylic acids is 1. The molecular weight excluding hydrogens is 454 g/mol. The van der Waals surface area contributed by atoms with E-state index in [1.54, 1.807) is 79.0 Å². The maximum atomic E-state index is 12.8. The molecule has 9 heteroatoms. The van der Waals surface area contributed by atoms with E-state index in [4.69, 9.17) is 9.47 Å². The van der Waals surface area contributed by atoms with Crippen LogP contribution in [0.3, 0.4) is 0 Å². The molecular formula is C25H21N3O5S. The van der Waals surface area contributed by atoms with Crippen LogP contribution in [0.2, 0.25) is 0 Å². The van der Waals surface area contributed by atoms with Crippen molar-refractivity contribution in [1.29, 1.82) is 0 Å². The summed E-state index contributed by atoms with van der Waals surface area (Å²) in [7, 11) is -2.33. The number of nitrogens with zero attached hydrogens (tertiary/aromatic N) is 1. The number of methoxy groups -OCH3 is 1. The Labute approximate surface area is 197 Å². The van der Waals surface area contributed by atoms with E-state index < -0.39 is 16.0 Å². The highest BCUT2D eigenvalue weighted by Gasteiger charge is 2.17. The lowest BCUT2D eigenvalue weighted by atomic mass is 10.2. The van der Waals surface area contributed by atoms with E-state index >= 15 is 0 Å². The first-order chi connectivity index (χ1) is 16.4. The Morgan fingerprint density at radius 2 is 1.50 bits per heavy atom. The quantitative estimate of drug-likeness (QED) is 0.277. The fraction of sp³-hybridized carbons (Fsp3) is 0.0400. The number of sulfonamides is 1. The van der Waals surface area contributed by atoms with Crippen LogP contribution in [-0.4, -0.2) is 26.5 Å². The van der Waals surface area contributed by atoms with E-state index in [9.17, 15) is 13.2 Å². The lowest BCUT2D eigenvalue weighted by Gasteiger charge is -2.14. The molecule has 0 aliphatic heterocycles. The van der Waals surface area contributed by atoms with Gasteiger partial charge in [-0.1, -0.05) is 18.2 Å². The standard InChI is InChI=1S/C25H21N3O5S/c1-32-20-13-15-22(16-14-20)34(30,31)28-23-8-5-17-26-24(23)27-19-9-11-21(12-10-19)33-25(29)18-6-3-2-4-7-18/h2-17,28H,1H3,(H,26,27). The van der Waals surface area contributed by atoms with Gasteiger partial charge in [0.15, 0.2) is 5.82 Å². The number of aromatic nitrogens is 1. The zero-order valence-corrected chi connectivity index (χ0v) is 19.0. The number of anilines is 3. The average molecular weight is 476 g/mol. The minimum atomic E-state index is -3.84. The Balaban J connectivity index is 1.47. The molecule has 0 amide bonds. The third-order valence-electron chi connectivity index (χ3n) is 4.76. The topological polar surface area (TPSA) is 107 Å². The Morgan fingerprint density at radius 3 is 2.18 bits per heavy atom. The molecule has 8 nitrogen and oxygen atoms in total. The molecule has 34 heavy (non-hydrogen) atoms. The molecule has 0 saturated heterocycles. The van der Waals surface area contributed by atoms with Crippen LogP contribution < -0.4 is 19.5 Å². The number of carbonyl (C=O) groups is 1. The maximum Gasteiger partial charge on any atom is 0.343 e. The maximum absolute atomic E-state index is 12.8. The Kier molecular flexibility index (Phi) is 6.74. The zero-order chi connectivity index (χ0) is 24.0. The fourth-order valence-electron chi connectivity index (χ4n) is 3.03. The molecule has 0 unspecified atom stereocenters. The van der Waals surface area contributed by atoms with Crippen LogP contribution in [-0.2, 0) is 10.0 Å². The van der Waals surface area contributed by atoms with Gasteiger partial charge in [0.05, 0.1) is 23.3 Å². The van der Waals surface area contributed by atoms with Crippen LogP contribution in [0.5, 0.6) is 11.5 Å². The van der Waals surface area contributed by atoms with E-state index in [1.165, 1.54) is 19.2 Å². The predicted molar refractivity (Wildman–Crippen MR) is 129 cm³/mol. The van der Waals surface area contributed by atoms with Gasteiger partial charge in [-0.3, -0.25) is 4.72 Å². The van der Waals surface area contributed by atoms with Crippen molar-refractivity contribution in [3.8, 4) is 11.5 Å². The number of benzene rings is 3. The molecule has 0 atom stereocenters. The molecule has 0 aliphatic carbocycles. The van der Waals surface area contributed by atoms with Gasteiger partial charge in [-0.25, -0.2) is 18.2 Å². The van der Waals surface area contributed by atoms with Crippen molar-refractivity contribution in [2.24, 2.45) is 0 Å². The molecule has 172 valence electrons. The summed E-state index contributed by atoms with van der Waals surface area (Å²) in [5, 5.41) is 3.08. The molecule has 0 radical (unpaired) electrons. The largest absolute Gasteiger partial charge is 0.497 e. The van der Waals surface area contributed by atoms with Crippen LogP contribution in [0.1, 0.15) is 10.4 Å². The van der Waals surface area contributed by atoms with Crippen LogP contribution >= 0.6 is 0 Å². The number of rotatable bonds is 8. The SMILES string of the molecule is COc1ccc(S(=O)(=O)Nc2cccnc2Nc2ccc(OC(=O)c3ccccc3)cc2)cc1. The molecule has 0 bridgehead atoms. The number of pyridine rings is 1. The van der Waals surface area contributed by atoms with Crippen molar-refractivity contribution < 1.29 is 22.7 Å². The zero-order valence-electron chi connectivity index (χ0n) is 18.1. The summed E-state index contributed by atoms with van der Waals surface area (Å²) in [4.78, 5) is 16.5. The lowest BCUT2D eigenvalue weighted by Crippen LogP contribution is -2.14. The molecule has 4 rings (SSSR count). The first-order valence-electron chi connectivity index (χ1n) is 10.2. The number of nitrogens with one attached hydrogen (secondary N) is 2. The third kappa shape index (κ3) is 5.51. The van der Waals surface area contributed by atoms with Crippen molar-refractivity contribution in [3.05, 3.63) is 103 Å². The normalized spacial score (nSPS) is 10.9. The number of ether oxygens (including phenoxy) is 2. The summed E-state index contributed by atoms with van der Waals surface area (Å²) in [6, 6.07) is 24.6. The fourth-order valence-corrected chi connectivity index (χ4v) is 4.10. The van der Waals surface area contributed by atoms with Gasteiger partial charge >= 0.3 is 5.97 Å². The van der Waals surface area contributed by atoms with E-state index in [-0.39, 0.29) is 10.6 Å². The number of esters is 1. The van der Waals surface area contributed by atoms with Gasteiger partial charge in [0, 0.05) is 11.9 Å². The second kappa shape index (κ2) is 10.1. The summed E-state index contributed by atoms with van der Waals surface area (Å²) in [6.07, 6.45) is 1.55. The summed E-state index contributed by atoms with van der Waals surface area (Å²) >= 11 is 0. The third-order valence-corrected chi connectivity index (χ3v) is 6.14. The number of hydrogen-bond donors (Lipinski definition) is 2. The van der Waals surface area contributed by atoms with Crippen molar-refractivity contribution in [3.63, 3.8) is 0 Å². The second-order valence-corrected chi connectivity index (χ2v) is 8.77. The molecule has 4 aromatic rings. The molecule has 0 fully saturated rings. The van der Waals surface area contributed by atoms with Gasteiger partial charge in [0.25, 0.3) is 10.0 Å². The van der Waals surface area contributed by atoms with E-state index in [0.29, 0.717) is 28.6 Å². The Morgan fingerprint density at radius 1 is 0.824 bits per heavy atom. The molecule has 1 aromatic heterocycles. The van der Waals surface area contributed by atoms with Crippen LogP contribution in [0, 0.1) is 0 Å². The second-order valence-electron chi connectivity index (χ2n) is 7.09. The first-order valence-corrected chi connectivity index (χ1v) is 11.7. The monoisotopic (exact) mass is 475 g/mol. The Bertz CT molecular complexity index is 1370. The van der Waals surface area contributed by atoms with Gasteiger partial charge in [0.2, 0.25) is 0 Å². The van der Waals surface area contributed by atoms with E-state index in [2.05, 4.69) is 15.0 Å². The van der Waals surface area contributed by atoms with Crippen molar-refractivity contribution in [1.82, 2.24) is 4.98 Å². The van der Waals surface area contributed by atoms with Crippen LogP contribution in [0.25, 0.3) is 0 Å². The van der Waals surface area contributed by atoms with Gasteiger partial charge in [-0.2, -0.15) is 0 Å². The van der Waals surface area contributed by atoms with Crippen molar-refractivity contribution in [2.75, 3.05) is 17.1 Å². The molecule has 0 aliphatic rings.